The van der Waals surface area contributed by atoms with Crippen molar-refractivity contribution in [1.82, 2.24) is 0 Å². The van der Waals surface area contributed by atoms with Gasteiger partial charge in [0, 0.05) is 0 Å². The summed E-state index contributed by atoms with van der Waals surface area (Å²) in [6.45, 7) is 2.18. The van der Waals surface area contributed by atoms with Gasteiger partial charge in [-0.05, 0) is 0 Å². The summed E-state index contributed by atoms with van der Waals surface area (Å²) in [5, 5.41) is 1.32. The molecule has 0 aliphatic carbocycles. The van der Waals surface area contributed by atoms with Gasteiger partial charge in [0.2, 0.25) is 0 Å². The Morgan fingerprint density at radius 3 is 1.38 bits per heavy atom. The molecule has 0 radical (unpaired) electrons. The van der Waals surface area contributed by atoms with Crippen molar-refractivity contribution < 1.29 is 30.5 Å². The second kappa shape index (κ2) is 12.3. The van der Waals surface area contributed by atoms with Crippen LogP contribution in [0.5, 0.6) is 0 Å². The summed E-state index contributed by atoms with van der Waals surface area (Å²) < 4.78 is 60.6. The minimum atomic E-state index is -4.67. The molecule has 0 amide bonds. The van der Waals surface area contributed by atoms with Gasteiger partial charge in [-0.15, -0.1) is 0 Å². The molecule has 0 fully saturated rings. The van der Waals surface area contributed by atoms with E-state index in [2.05, 4.69) is 24.6 Å². The van der Waals surface area contributed by atoms with Gasteiger partial charge in [-0.3, -0.25) is 22.1 Å². The van der Waals surface area contributed by atoms with Crippen LogP contribution in [-0.4, -0.2) is 42.8 Å². The summed E-state index contributed by atoms with van der Waals surface area (Å²) in [5.74, 6) is 0. The van der Waals surface area contributed by atoms with Gasteiger partial charge in [0.25, 0.3) is 0 Å². The molecular weight excluding hydrogens is 207 g/mol. The van der Waals surface area contributed by atoms with Crippen LogP contribution in [0.15, 0.2) is 0 Å². The number of hydrogen-bond donors (Lipinski definition) is 2. The second-order valence-electron chi connectivity index (χ2n) is 1.70. The Kier molecular flexibility index (Phi) is 18.0. The molecule has 0 saturated heterocycles. The Bertz CT molecular complexity index is 163. The predicted molar refractivity (Wildman–Crippen MR) is 44.1 cm³/mol. The Morgan fingerprint density at radius 1 is 1.31 bits per heavy atom. The van der Waals surface area contributed by atoms with Crippen LogP contribution in [0.3, 0.4) is 0 Å². The average Bonchev–Trinajstić information content (AvgIpc) is 1.82. The Balaban J connectivity index is -0.000000117. The van der Waals surface area contributed by atoms with E-state index in [1.807, 2.05) is 0 Å². The third kappa shape index (κ3) is 751. The third-order valence-corrected chi connectivity index (χ3v) is 0.500. The van der Waals surface area contributed by atoms with E-state index >= 15 is 0 Å². The molecule has 0 unspecified atom stereocenters. The van der Waals surface area contributed by atoms with E-state index in [1.165, 1.54) is 11.5 Å². The van der Waals surface area contributed by atoms with Gasteiger partial charge < -0.3 is 0 Å². The van der Waals surface area contributed by atoms with Gasteiger partial charge in [0.1, 0.15) is 0 Å². The molecule has 0 aromatic rings. The third-order valence-electron chi connectivity index (χ3n) is 0.500. The van der Waals surface area contributed by atoms with Crippen LogP contribution >= 0.6 is 0 Å². The van der Waals surface area contributed by atoms with Crippen LogP contribution in [-0.2, 0) is 10.4 Å². The standard InChI is InChI=1S/C3H7.BF3.Li.H2O4S/c1-3-2;2-1(3)4;;1-5(2,3)4/h1,3H2,2H3;;;(H2,1,2,3,4). The molecule has 76 valence electrons. The van der Waals surface area contributed by atoms with Gasteiger partial charge in [0.05, 0.1) is 0 Å². The van der Waals surface area contributed by atoms with Crippen molar-refractivity contribution in [2.24, 2.45) is 0 Å². The van der Waals surface area contributed by atoms with Crippen molar-refractivity contribution in [3.05, 3.63) is 0 Å². The summed E-state index contributed by atoms with van der Waals surface area (Å²) in [6, 6.07) is 0. The molecule has 0 aliphatic heterocycles. The van der Waals surface area contributed by atoms with E-state index in [1.54, 1.807) is 0 Å². The van der Waals surface area contributed by atoms with E-state index in [0.29, 0.717) is 0 Å². The fourth-order valence-electron chi connectivity index (χ4n) is 0. The molecule has 0 aromatic carbocycles. The Morgan fingerprint density at radius 2 is 1.38 bits per heavy atom. The molecule has 0 rings (SSSR count). The molecule has 10 heteroatoms. The maximum atomic E-state index is 9.67. The maximum absolute atomic E-state index is 9.67. The van der Waals surface area contributed by atoms with Gasteiger partial charge in [-0.25, -0.2) is 0 Å². The molecule has 13 heavy (non-hydrogen) atoms. The average molecular weight is 216 g/mol. The molecular formula is C3H9BF3LiO4S. The zero-order valence-corrected chi connectivity index (χ0v) is 8.06. The first-order valence-electron chi connectivity index (χ1n) is 3.27. The van der Waals surface area contributed by atoms with Crippen molar-refractivity contribution in [3.8, 4) is 0 Å². The molecule has 0 saturated carbocycles. The van der Waals surface area contributed by atoms with Gasteiger partial charge in [0.15, 0.2) is 0 Å². The minimum absolute atomic E-state index is 1.32. The van der Waals surface area contributed by atoms with Crippen LogP contribution in [0.4, 0.5) is 12.9 Å². The van der Waals surface area contributed by atoms with Gasteiger partial charge >= 0.3 is 54.1 Å². The molecule has 4 nitrogen and oxygen atoms in total. The Labute approximate surface area is 84.9 Å². The van der Waals surface area contributed by atoms with Crippen LogP contribution in [0.2, 0.25) is 5.09 Å². The number of halogens is 3. The fraction of sp³-hybridized carbons (Fsp3) is 1.00. The first kappa shape index (κ1) is 19.0. The van der Waals surface area contributed by atoms with Gasteiger partial charge in [-0.1, -0.05) is 0 Å². The van der Waals surface area contributed by atoms with Crippen molar-refractivity contribution in [3.63, 3.8) is 0 Å². The molecule has 0 atom stereocenters. The molecule has 2 N–H and O–H groups in total. The molecule has 0 heterocycles. The van der Waals surface area contributed by atoms with Crippen molar-refractivity contribution >= 4 is 35.7 Å². The zero-order chi connectivity index (χ0) is 11.5. The summed E-state index contributed by atoms with van der Waals surface area (Å²) in [4.78, 5) is 0. The first-order chi connectivity index (χ1) is 5.65. The van der Waals surface area contributed by atoms with Crippen LogP contribution in [0, 0.1) is 0 Å². The second-order valence-corrected chi connectivity index (χ2v) is 2.59. The predicted octanol–water partition coefficient (Wildman–Crippen LogP) is 1.21. The van der Waals surface area contributed by atoms with E-state index in [9.17, 15) is 12.9 Å². The van der Waals surface area contributed by atoms with Crippen LogP contribution < -0.4 is 0 Å². The van der Waals surface area contributed by atoms with Crippen molar-refractivity contribution in [2.75, 3.05) is 0 Å². The summed E-state index contributed by atoms with van der Waals surface area (Å²) in [6.07, 6.45) is 1.32. The van der Waals surface area contributed by atoms with E-state index < -0.39 is 17.9 Å². The normalized spacial score (nSPS) is 8.92. The summed E-state index contributed by atoms with van der Waals surface area (Å²) >= 11 is 2.18. The number of hydrogen-bond acceptors (Lipinski definition) is 2. The summed E-state index contributed by atoms with van der Waals surface area (Å²) in [5.41, 5.74) is 0. The van der Waals surface area contributed by atoms with E-state index in [4.69, 9.17) is 17.5 Å². The quantitative estimate of drug-likeness (QED) is 0.510. The molecule has 0 spiro atoms. The number of rotatable bonds is 1. The molecule has 0 bridgehead atoms. The molecule has 0 aliphatic rings. The zero-order valence-electron chi connectivity index (χ0n) is 7.24. The molecule has 0 aromatic heterocycles. The van der Waals surface area contributed by atoms with E-state index in [0.717, 1.165) is 0 Å². The SMILES string of the molecule is FB(F)F.O=S(=O)(O)O.[Li][CH2]CC. The van der Waals surface area contributed by atoms with Crippen molar-refractivity contribution in [2.45, 2.75) is 18.4 Å². The monoisotopic (exact) mass is 216 g/mol. The summed E-state index contributed by atoms with van der Waals surface area (Å²) in [7, 11) is -8.33. The fourth-order valence-corrected chi connectivity index (χ4v) is 0. The first-order valence-corrected chi connectivity index (χ1v) is 4.66. The topological polar surface area (TPSA) is 74.6 Å². The van der Waals surface area contributed by atoms with E-state index in [-0.39, 0.29) is 0 Å². The van der Waals surface area contributed by atoms with Gasteiger partial charge in [-0.2, -0.15) is 8.42 Å². The van der Waals surface area contributed by atoms with Crippen LogP contribution in [0.25, 0.3) is 0 Å². The Hall–Kier alpha value is 0.322. The van der Waals surface area contributed by atoms with Crippen LogP contribution in [0.1, 0.15) is 13.3 Å². The van der Waals surface area contributed by atoms with Crippen molar-refractivity contribution in [1.29, 1.82) is 0 Å².